The molecule has 36 heavy (non-hydrogen) atoms. The smallest absolute Gasteiger partial charge is 0.309 e. The molecular weight excluding hydrogens is 472 g/mol. The fraction of sp³-hybridized carbons (Fsp3) is 0.269. The molecule has 1 heterocycles. The molecule has 0 radical (unpaired) electrons. The predicted octanol–water partition coefficient (Wildman–Crippen LogP) is 2.90. The van der Waals surface area contributed by atoms with Gasteiger partial charge in [0.2, 0.25) is 0 Å². The summed E-state index contributed by atoms with van der Waals surface area (Å²) in [4.78, 5) is 12.6. The number of phenolic OH excluding ortho intramolecular Hbond substituents is 6. The molecule has 0 amide bonds. The average Bonchev–Trinajstić information content (AvgIpc) is 2.84. The molecule has 1 aliphatic rings. The number of methoxy groups -OCH3 is 1. The van der Waals surface area contributed by atoms with E-state index in [1.165, 1.54) is 43.5 Å². The van der Waals surface area contributed by atoms with Gasteiger partial charge in [-0.25, -0.2) is 0 Å². The van der Waals surface area contributed by atoms with Crippen LogP contribution in [-0.4, -0.2) is 54.9 Å². The van der Waals surface area contributed by atoms with Crippen LogP contribution in [0.4, 0.5) is 0 Å². The maximum absolute atomic E-state index is 12.6. The lowest BCUT2D eigenvalue weighted by Gasteiger charge is -2.35. The molecular formula is C26H26O10. The van der Waals surface area contributed by atoms with Crippen molar-refractivity contribution in [1.82, 2.24) is 0 Å². The Morgan fingerprint density at radius 2 is 1.53 bits per heavy atom. The largest absolute Gasteiger partial charge is 0.507 e. The summed E-state index contributed by atoms with van der Waals surface area (Å²) in [5.41, 5.74) is 0.919. The van der Waals surface area contributed by atoms with E-state index in [1.807, 2.05) is 0 Å². The first kappa shape index (κ1) is 24.8. The van der Waals surface area contributed by atoms with Crippen LogP contribution in [0.5, 0.6) is 40.2 Å². The molecule has 0 unspecified atom stereocenters. The molecule has 0 aromatic heterocycles. The molecule has 3 aromatic rings. The third-order valence-corrected chi connectivity index (χ3v) is 6.46. The third kappa shape index (κ3) is 4.27. The van der Waals surface area contributed by atoms with E-state index in [9.17, 15) is 40.5 Å². The van der Waals surface area contributed by atoms with E-state index in [0.717, 1.165) is 6.07 Å². The van der Waals surface area contributed by atoms with Gasteiger partial charge in [0, 0.05) is 29.5 Å². The lowest BCUT2D eigenvalue weighted by Crippen LogP contribution is -2.32. The number of hydrogen-bond acceptors (Lipinski definition) is 10. The summed E-state index contributed by atoms with van der Waals surface area (Å²) in [6.07, 6.45) is -2.33. The van der Waals surface area contributed by atoms with Crippen LogP contribution < -0.4 is 4.74 Å². The highest BCUT2D eigenvalue weighted by atomic mass is 16.5. The fourth-order valence-electron chi connectivity index (χ4n) is 4.61. The molecule has 10 heteroatoms. The zero-order chi connectivity index (χ0) is 26.3. The van der Waals surface area contributed by atoms with Crippen molar-refractivity contribution in [2.75, 3.05) is 7.11 Å². The van der Waals surface area contributed by atoms with Gasteiger partial charge in [0.05, 0.1) is 19.1 Å². The van der Waals surface area contributed by atoms with Gasteiger partial charge < -0.3 is 45.2 Å². The molecule has 3 aromatic carbocycles. The molecule has 4 rings (SSSR count). The van der Waals surface area contributed by atoms with Crippen molar-refractivity contribution in [3.8, 4) is 40.2 Å². The minimum absolute atomic E-state index is 0.00341. The first-order chi connectivity index (χ1) is 17.0. The van der Waals surface area contributed by atoms with Crippen molar-refractivity contribution in [1.29, 1.82) is 0 Å². The maximum atomic E-state index is 12.6. The van der Waals surface area contributed by atoms with Crippen molar-refractivity contribution in [2.24, 2.45) is 5.92 Å². The Balaban J connectivity index is 1.93. The van der Waals surface area contributed by atoms with E-state index in [1.54, 1.807) is 6.92 Å². The van der Waals surface area contributed by atoms with Crippen LogP contribution in [0.15, 0.2) is 42.5 Å². The van der Waals surface area contributed by atoms with E-state index >= 15 is 0 Å². The lowest BCUT2D eigenvalue weighted by atomic mass is 9.78. The second-order valence-corrected chi connectivity index (χ2v) is 8.73. The Bertz CT molecular complexity index is 1320. The molecule has 0 saturated carbocycles. The van der Waals surface area contributed by atoms with Gasteiger partial charge in [0.25, 0.3) is 0 Å². The number of benzene rings is 3. The quantitative estimate of drug-likeness (QED) is 0.204. The Morgan fingerprint density at radius 3 is 2.14 bits per heavy atom. The second kappa shape index (κ2) is 9.38. The Kier molecular flexibility index (Phi) is 6.47. The van der Waals surface area contributed by atoms with Crippen LogP contribution in [0.3, 0.4) is 0 Å². The number of phenols is 6. The summed E-state index contributed by atoms with van der Waals surface area (Å²) in [5.74, 6) is -4.90. The normalized spacial score (nSPS) is 18.5. The predicted molar refractivity (Wildman–Crippen MR) is 125 cm³/mol. The van der Waals surface area contributed by atoms with E-state index in [4.69, 9.17) is 9.47 Å². The fourth-order valence-corrected chi connectivity index (χ4v) is 4.61. The van der Waals surface area contributed by atoms with Crippen LogP contribution in [0, 0.1) is 5.92 Å². The second-order valence-electron chi connectivity index (χ2n) is 8.73. The number of hydrogen-bond donors (Lipinski definition) is 7. The van der Waals surface area contributed by atoms with Gasteiger partial charge in [-0.05, 0) is 35.4 Å². The first-order valence-corrected chi connectivity index (χ1v) is 11.1. The van der Waals surface area contributed by atoms with Crippen LogP contribution >= 0.6 is 0 Å². The first-order valence-electron chi connectivity index (χ1n) is 11.1. The molecule has 0 aliphatic carbocycles. The zero-order valence-electron chi connectivity index (χ0n) is 19.4. The Hall–Kier alpha value is -4.31. The Labute approximate surface area is 205 Å². The van der Waals surface area contributed by atoms with Crippen molar-refractivity contribution >= 4 is 5.97 Å². The van der Waals surface area contributed by atoms with Gasteiger partial charge in [0.15, 0.2) is 23.0 Å². The number of fused-ring (bicyclic) bond motifs is 1. The third-order valence-electron chi connectivity index (χ3n) is 6.46. The zero-order valence-corrected chi connectivity index (χ0v) is 19.4. The highest BCUT2D eigenvalue weighted by molar-refractivity contribution is 5.76. The summed E-state index contributed by atoms with van der Waals surface area (Å²) in [7, 11) is 1.20. The number of aliphatic hydroxyl groups is 1. The molecule has 7 N–H and O–H groups in total. The van der Waals surface area contributed by atoms with E-state index in [-0.39, 0.29) is 40.5 Å². The van der Waals surface area contributed by atoms with Crippen molar-refractivity contribution in [3.05, 3.63) is 64.7 Å². The van der Waals surface area contributed by atoms with Crippen LogP contribution in [-0.2, 0) is 16.0 Å². The molecule has 1 aliphatic heterocycles. The summed E-state index contributed by atoms with van der Waals surface area (Å²) in [6, 6.07) is 8.92. The number of aromatic hydroxyl groups is 6. The molecule has 10 nitrogen and oxygen atoms in total. The number of aliphatic hydroxyl groups excluding tert-OH is 1. The molecule has 4 atom stereocenters. The molecule has 0 spiro atoms. The SMILES string of the molecule is COC(=O)[C@@H](C)[C@@H](c1ccc(O)c(O)c1)c1c(O)cc(O)c2c1O[C@H](c1ccc(O)c(O)c1)[C@@H](O)C2. The lowest BCUT2D eigenvalue weighted by molar-refractivity contribution is -0.145. The van der Waals surface area contributed by atoms with Gasteiger partial charge >= 0.3 is 5.97 Å². The topological polar surface area (TPSA) is 177 Å². The van der Waals surface area contributed by atoms with Crippen molar-refractivity contribution in [3.63, 3.8) is 0 Å². The summed E-state index contributed by atoms with van der Waals surface area (Å²) in [5, 5.41) is 71.8. The van der Waals surface area contributed by atoms with Crippen LogP contribution in [0.2, 0.25) is 0 Å². The van der Waals surface area contributed by atoms with Crippen LogP contribution in [0.25, 0.3) is 0 Å². The van der Waals surface area contributed by atoms with Crippen molar-refractivity contribution in [2.45, 2.75) is 31.5 Å². The minimum atomic E-state index is -1.17. The van der Waals surface area contributed by atoms with E-state index in [2.05, 4.69) is 0 Å². The highest BCUT2D eigenvalue weighted by Gasteiger charge is 2.39. The number of esters is 1. The van der Waals surface area contributed by atoms with E-state index in [0.29, 0.717) is 11.1 Å². The van der Waals surface area contributed by atoms with Gasteiger partial charge in [0.1, 0.15) is 23.4 Å². The summed E-state index contributed by atoms with van der Waals surface area (Å²) >= 11 is 0. The van der Waals surface area contributed by atoms with Gasteiger partial charge in [-0.1, -0.05) is 19.1 Å². The molecule has 190 valence electrons. The van der Waals surface area contributed by atoms with Gasteiger partial charge in [-0.15, -0.1) is 0 Å². The number of rotatable bonds is 5. The molecule has 0 bridgehead atoms. The van der Waals surface area contributed by atoms with Crippen molar-refractivity contribution < 1.29 is 50.0 Å². The number of ether oxygens (including phenoxy) is 2. The standard InChI is InChI=1S/C26H26O10/c1-11(26(34)35-2)22(12-3-5-15(27)18(30)7-12)23-20(32)10-17(29)14-9-21(33)24(36-25(14)23)13-4-6-16(28)19(31)8-13/h3-8,10-11,21-22,24,27-33H,9H2,1-2H3/t11-,21-,22-,24+/m0/s1. The van der Waals surface area contributed by atoms with Gasteiger partial charge in [-0.2, -0.15) is 0 Å². The number of carbonyl (C=O) groups excluding carboxylic acids is 1. The van der Waals surface area contributed by atoms with Crippen LogP contribution in [0.1, 0.15) is 41.2 Å². The number of carbonyl (C=O) groups is 1. The minimum Gasteiger partial charge on any atom is -0.507 e. The molecule has 0 saturated heterocycles. The Morgan fingerprint density at radius 1 is 0.889 bits per heavy atom. The van der Waals surface area contributed by atoms with Gasteiger partial charge in [-0.3, -0.25) is 4.79 Å². The average molecular weight is 498 g/mol. The monoisotopic (exact) mass is 498 g/mol. The summed E-state index contributed by atoms with van der Waals surface area (Å²) < 4.78 is 11.0. The summed E-state index contributed by atoms with van der Waals surface area (Å²) in [6.45, 7) is 1.55. The highest BCUT2D eigenvalue weighted by Crippen LogP contribution is 2.52. The molecule has 0 fully saturated rings. The maximum Gasteiger partial charge on any atom is 0.309 e. The van der Waals surface area contributed by atoms with E-state index < -0.39 is 47.3 Å².